The minimum absolute atomic E-state index is 0.0418. The van der Waals surface area contributed by atoms with Gasteiger partial charge in [0.1, 0.15) is 0 Å². The number of carbonyl (C=O) groups is 2. The number of likely N-dealkylation sites (tertiary alicyclic amines) is 1. The predicted molar refractivity (Wildman–Crippen MR) is 107 cm³/mol. The first-order valence-corrected chi connectivity index (χ1v) is 10.2. The number of fused-ring (bicyclic) bond motifs is 1. The lowest BCUT2D eigenvalue weighted by molar-refractivity contribution is -0.140. The summed E-state index contributed by atoms with van der Waals surface area (Å²) in [6, 6.07) is 7.99. The molecule has 27 heavy (non-hydrogen) atoms. The van der Waals surface area contributed by atoms with Crippen molar-refractivity contribution < 1.29 is 9.59 Å². The average molecular weight is 388 g/mol. The predicted octanol–water partition coefficient (Wildman–Crippen LogP) is 2.80. The van der Waals surface area contributed by atoms with Crippen LogP contribution >= 0.6 is 11.6 Å². The summed E-state index contributed by atoms with van der Waals surface area (Å²) in [6.07, 6.45) is 6.36. The van der Waals surface area contributed by atoms with Gasteiger partial charge in [0.05, 0.1) is 11.8 Å². The molecule has 0 saturated carbocycles. The summed E-state index contributed by atoms with van der Waals surface area (Å²) in [6.45, 7) is 5.40. The molecule has 5 nitrogen and oxygen atoms in total. The lowest BCUT2D eigenvalue weighted by atomic mass is 9.85. The summed E-state index contributed by atoms with van der Waals surface area (Å²) in [5.41, 5.74) is 1.17. The molecule has 144 valence electrons. The van der Waals surface area contributed by atoms with Crippen molar-refractivity contribution in [3.8, 4) is 0 Å². The molecule has 1 aromatic carbocycles. The van der Waals surface area contributed by atoms with E-state index in [4.69, 9.17) is 11.6 Å². The number of nitrogens with zero attached hydrogens (tertiary/aromatic N) is 3. The molecule has 0 bridgehead atoms. The molecule has 2 fully saturated rings. The van der Waals surface area contributed by atoms with Crippen molar-refractivity contribution in [3.05, 3.63) is 41.4 Å². The van der Waals surface area contributed by atoms with Crippen molar-refractivity contribution in [2.45, 2.75) is 19.3 Å². The highest BCUT2D eigenvalue weighted by Crippen LogP contribution is 2.35. The SMILES string of the molecule is O=C1C2CC=CCC2C(=O)N1CCCN1CCN(c2cccc(Cl)c2)CC1. The summed E-state index contributed by atoms with van der Waals surface area (Å²) >= 11 is 6.09. The molecule has 2 aliphatic heterocycles. The number of hydrogen-bond acceptors (Lipinski definition) is 4. The van der Waals surface area contributed by atoms with Crippen molar-refractivity contribution >= 4 is 29.1 Å². The highest BCUT2D eigenvalue weighted by molar-refractivity contribution is 6.30. The zero-order chi connectivity index (χ0) is 18.8. The average Bonchev–Trinajstić information content (AvgIpc) is 2.94. The van der Waals surface area contributed by atoms with E-state index in [2.05, 4.69) is 15.9 Å². The molecule has 2 heterocycles. The van der Waals surface area contributed by atoms with Crippen molar-refractivity contribution in [3.63, 3.8) is 0 Å². The van der Waals surface area contributed by atoms with Crippen LogP contribution in [0.1, 0.15) is 19.3 Å². The number of anilines is 1. The second-order valence-electron chi connectivity index (χ2n) is 7.65. The maximum atomic E-state index is 12.5. The molecule has 1 aromatic rings. The van der Waals surface area contributed by atoms with Crippen LogP contribution in [0.25, 0.3) is 0 Å². The van der Waals surface area contributed by atoms with E-state index in [0.717, 1.165) is 57.0 Å². The van der Waals surface area contributed by atoms with E-state index in [1.807, 2.05) is 30.4 Å². The van der Waals surface area contributed by atoms with E-state index >= 15 is 0 Å². The van der Waals surface area contributed by atoms with Crippen LogP contribution in [0.4, 0.5) is 5.69 Å². The minimum atomic E-state index is -0.108. The van der Waals surface area contributed by atoms with E-state index in [1.165, 1.54) is 10.6 Å². The smallest absolute Gasteiger partial charge is 0.233 e. The van der Waals surface area contributed by atoms with Gasteiger partial charge in [-0.05, 0) is 44.0 Å². The van der Waals surface area contributed by atoms with Crippen LogP contribution in [-0.2, 0) is 9.59 Å². The third-order valence-electron chi connectivity index (χ3n) is 6.00. The fraction of sp³-hybridized carbons (Fsp3) is 0.524. The van der Waals surface area contributed by atoms with Gasteiger partial charge in [0, 0.05) is 43.4 Å². The molecular formula is C21H26ClN3O2. The Labute approximate surface area is 165 Å². The third kappa shape index (κ3) is 3.90. The second-order valence-corrected chi connectivity index (χ2v) is 8.08. The molecule has 4 rings (SSSR count). The molecule has 2 amide bonds. The number of halogens is 1. The Morgan fingerprint density at radius 1 is 0.926 bits per heavy atom. The third-order valence-corrected chi connectivity index (χ3v) is 6.24. The molecule has 1 aliphatic carbocycles. The number of piperazine rings is 1. The van der Waals surface area contributed by atoms with Gasteiger partial charge in [0.25, 0.3) is 0 Å². The van der Waals surface area contributed by atoms with Gasteiger partial charge in [-0.1, -0.05) is 29.8 Å². The van der Waals surface area contributed by atoms with Crippen LogP contribution in [0.5, 0.6) is 0 Å². The second kappa shape index (κ2) is 8.03. The molecule has 0 N–H and O–H groups in total. The maximum Gasteiger partial charge on any atom is 0.233 e. The molecule has 0 spiro atoms. The van der Waals surface area contributed by atoms with Gasteiger partial charge in [0.2, 0.25) is 11.8 Å². The Bertz CT molecular complexity index is 717. The van der Waals surface area contributed by atoms with Gasteiger partial charge in [-0.25, -0.2) is 0 Å². The Morgan fingerprint density at radius 3 is 2.22 bits per heavy atom. The molecule has 0 radical (unpaired) electrons. The van der Waals surface area contributed by atoms with Crippen molar-refractivity contribution in [1.82, 2.24) is 9.80 Å². The van der Waals surface area contributed by atoms with Gasteiger partial charge >= 0.3 is 0 Å². The van der Waals surface area contributed by atoms with Crippen LogP contribution in [0, 0.1) is 11.8 Å². The van der Waals surface area contributed by atoms with Gasteiger partial charge in [0.15, 0.2) is 0 Å². The number of benzene rings is 1. The Hall–Kier alpha value is -1.85. The fourth-order valence-electron chi connectivity index (χ4n) is 4.44. The Balaban J connectivity index is 1.23. The highest BCUT2D eigenvalue weighted by Gasteiger charge is 2.46. The molecule has 2 saturated heterocycles. The Kier molecular flexibility index (Phi) is 5.50. The Morgan fingerprint density at radius 2 is 1.59 bits per heavy atom. The number of imide groups is 1. The standard InChI is InChI=1S/C21H26ClN3O2/c22-16-5-3-6-17(15-16)24-13-11-23(12-14-24)9-4-10-25-20(26)18-7-1-2-8-19(18)21(25)27/h1-3,5-6,15,18-19H,4,7-14H2. The van der Waals surface area contributed by atoms with Crippen LogP contribution in [0.15, 0.2) is 36.4 Å². The zero-order valence-electron chi connectivity index (χ0n) is 15.5. The number of carbonyl (C=O) groups excluding carboxylic acids is 2. The molecule has 2 unspecified atom stereocenters. The first kappa shape index (κ1) is 18.5. The summed E-state index contributed by atoms with van der Waals surface area (Å²) < 4.78 is 0. The summed E-state index contributed by atoms with van der Waals surface area (Å²) in [5.74, 6) is -0.132. The normalized spacial score (nSPS) is 26.0. The van der Waals surface area contributed by atoms with Gasteiger partial charge in [-0.3, -0.25) is 19.4 Å². The first-order valence-electron chi connectivity index (χ1n) is 9.86. The maximum absolute atomic E-state index is 12.5. The topological polar surface area (TPSA) is 43.9 Å². The molecular weight excluding hydrogens is 362 g/mol. The largest absolute Gasteiger partial charge is 0.369 e. The van der Waals surface area contributed by atoms with E-state index in [0.29, 0.717) is 6.54 Å². The summed E-state index contributed by atoms with van der Waals surface area (Å²) in [5, 5.41) is 0.769. The minimum Gasteiger partial charge on any atom is -0.369 e. The van der Waals surface area contributed by atoms with Gasteiger partial charge in [-0.2, -0.15) is 0 Å². The molecule has 0 aromatic heterocycles. The molecule has 2 atom stereocenters. The lowest BCUT2D eigenvalue weighted by Crippen LogP contribution is -2.47. The number of rotatable bonds is 5. The number of amides is 2. The number of allylic oxidation sites excluding steroid dienone is 2. The molecule has 6 heteroatoms. The summed E-state index contributed by atoms with van der Waals surface area (Å²) in [4.78, 5) is 31.3. The lowest BCUT2D eigenvalue weighted by Gasteiger charge is -2.36. The van der Waals surface area contributed by atoms with Crippen LogP contribution in [-0.4, -0.2) is 60.9 Å². The monoisotopic (exact) mass is 387 g/mol. The van der Waals surface area contributed by atoms with Crippen LogP contribution in [0.2, 0.25) is 5.02 Å². The molecule has 3 aliphatic rings. The van der Waals surface area contributed by atoms with E-state index in [9.17, 15) is 9.59 Å². The van der Waals surface area contributed by atoms with Crippen LogP contribution in [0.3, 0.4) is 0 Å². The zero-order valence-corrected chi connectivity index (χ0v) is 16.3. The van der Waals surface area contributed by atoms with Gasteiger partial charge in [-0.15, -0.1) is 0 Å². The van der Waals surface area contributed by atoms with Crippen molar-refractivity contribution in [2.24, 2.45) is 11.8 Å². The van der Waals surface area contributed by atoms with Crippen LogP contribution < -0.4 is 4.90 Å². The summed E-state index contributed by atoms with van der Waals surface area (Å²) in [7, 11) is 0. The van der Waals surface area contributed by atoms with Gasteiger partial charge < -0.3 is 4.90 Å². The fourth-order valence-corrected chi connectivity index (χ4v) is 4.63. The van der Waals surface area contributed by atoms with E-state index in [-0.39, 0.29) is 23.7 Å². The van der Waals surface area contributed by atoms with E-state index in [1.54, 1.807) is 0 Å². The van der Waals surface area contributed by atoms with Crippen molar-refractivity contribution in [2.75, 3.05) is 44.2 Å². The number of hydrogen-bond donors (Lipinski definition) is 0. The van der Waals surface area contributed by atoms with E-state index < -0.39 is 0 Å². The van der Waals surface area contributed by atoms with Crippen molar-refractivity contribution in [1.29, 1.82) is 0 Å². The first-order chi connectivity index (χ1) is 13.1. The highest BCUT2D eigenvalue weighted by atomic mass is 35.5. The quantitative estimate of drug-likeness (QED) is 0.575.